The first-order chi connectivity index (χ1) is 9.94. The van der Waals surface area contributed by atoms with Crippen LogP contribution in [0.3, 0.4) is 0 Å². The fourth-order valence-electron chi connectivity index (χ4n) is 2.21. The molecule has 0 aliphatic carbocycles. The predicted octanol–water partition coefficient (Wildman–Crippen LogP) is 2.19. The third kappa shape index (κ3) is 3.59. The van der Waals surface area contributed by atoms with Crippen molar-refractivity contribution in [2.24, 2.45) is 0 Å². The fraction of sp³-hybridized carbons (Fsp3) is 0.267. The molecule has 1 aromatic heterocycles. The summed E-state index contributed by atoms with van der Waals surface area (Å²) in [5, 5.41) is 0. The van der Waals surface area contributed by atoms with Gasteiger partial charge in [0.25, 0.3) is 0 Å². The van der Waals surface area contributed by atoms with Crippen LogP contribution in [0.1, 0.15) is 16.7 Å². The van der Waals surface area contributed by atoms with Crippen LogP contribution in [0.25, 0.3) is 0 Å². The van der Waals surface area contributed by atoms with Gasteiger partial charge in [-0.15, -0.1) is 0 Å². The van der Waals surface area contributed by atoms with Gasteiger partial charge >= 0.3 is 0 Å². The number of rotatable bonds is 5. The smallest absolute Gasteiger partial charge is 0.241 e. The highest BCUT2D eigenvalue weighted by Crippen LogP contribution is 2.25. The maximum Gasteiger partial charge on any atom is 0.241 e. The first kappa shape index (κ1) is 15.5. The maximum absolute atomic E-state index is 12.5. The summed E-state index contributed by atoms with van der Waals surface area (Å²) >= 11 is 0. The Morgan fingerprint density at radius 2 is 1.90 bits per heavy atom. The lowest BCUT2D eigenvalue weighted by Crippen LogP contribution is -2.25. The van der Waals surface area contributed by atoms with E-state index in [9.17, 15) is 8.42 Å². The Bertz CT molecular complexity index is 705. The highest BCUT2D eigenvalue weighted by Gasteiger charge is 2.20. The van der Waals surface area contributed by atoms with Gasteiger partial charge in [0, 0.05) is 18.9 Å². The minimum Gasteiger partial charge on any atom is -0.497 e. The molecule has 1 heterocycles. The van der Waals surface area contributed by atoms with E-state index in [1.165, 1.54) is 0 Å². The Kier molecular flexibility index (Phi) is 4.59. The van der Waals surface area contributed by atoms with Gasteiger partial charge in [0.05, 0.1) is 12.0 Å². The molecule has 1 N–H and O–H groups in total. The number of hydrogen-bond donors (Lipinski definition) is 1. The molecule has 112 valence electrons. The van der Waals surface area contributed by atoms with Crippen LogP contribution in [0.4, 0.5) is 0 Å². The number of sulfonamides is 1. The molecule has 0 atom stereocenters. The normalized spacial score (nSPS) is 11.4. The standard InChI is InChI=1S/C15H18N2O3S/c1-11-7-14(20-3)8-12(2)15(11)21(18,19)17-10-13-5-4-6-16-9-13/h4-9,17H,10H2,1-3H3. The predicted molar refractivity (Wildman–Crippen MR) is 80.7 cm³/mol. The minimum absolute atomic E-state index is 0.209. The third-order valence-electron chi connectivity index (χ3n) is 3.13. The Balaban J connectivity index is 2.28. The van der Waals surface area contributed by atoms with Crippen molar-refractivity contribution in [1.29, 1.82) is 0 Å². The van der Waals surface area contributed by atoms with Crippen molar-refractivity contribution in [3.05, 3.63) is 53.3 Å². The van der Waals surface area contributed by atoms with Gasteiger partial charge in [-0.1, -0.05) is 6.07 Å². The van der Waals surface area contributed by atoms with Crippen LogP contribution in [0, 0.1) is 13.8 Å². The highest BCUT2D eigenvalue weighted by molar-refractivity contribution is 7.89. The van der Waals surface area contributed by atoms with E-state index < -0.39 is 10.0 Å². The molecule has 0 aliphatic rings. The summed E-state index contributed by atoms with van der Waals surface area (Å²) in [6.07, 6.45) is 3.28. The Hall–Kier alpha value is -1.92. The van der Waals surface area contributed by atoms with Gasteiger partial charge in [-0.3, -0.25) is 4.98 Å². The minimum atomic E-state index is -3.58. The molecule has 0 saturated heterocycles. The molecule has 0 aliphatic heterocycles. The molecule has 6 heteroatoms. The maximum atomic E-state index is 12.5. The average molecular weight is 306 g/mol. The van der Waals surface area contributed by atoms with Crippen LogP contribution in [0.2, 0.25) is 0 Å². The molecule has 1 aromatic carbocycles. The molecule has 0 amide bonds. The zero-order valence-electron chi connectivity index (χ0n) is 12.3. The summed E-state index contributed by atoms with van der Waals surface area (Å²) in [6, 6.07) is 7.02. The SMILES string of the molecule is COc1cc(C)c(S(=O)(=O)NCc2cccnc2)c(C)c1. The summed E-state index contributed by atoms with van der Waals surface area (Å²) in [7, 11) is -2.02. The van der Waals surface area contributed by atoms with E-state index >= 15 is 0 Å². The molecular formula is C15H18N2O3S. The highest BCUT2D eigenvalue weighted by atomic mass is 32.2. The molecule has 2 rings (SSSR count). The van der Waals surface area contributed by atoms with Crippen LogP contribution < -0.4 is 9.46 Å². The first-order valence-electron chi connectivity index (χ1n) is 6.48. The van der Waals surface area contributed by atoms with Crippen molar-refractivity contribution in [1.82, 2.24) is 9.71 Å². The second-order valence-electron chi connectivity index (χ2n) is 4.78. The zero-order chi connectivity index (χ0) is 15.5. The molecular weight excluding hydrogens is 288 g/mol. The number of pyridine rings is 1. The zero-order valence-corrected chi connectivity index (χ0v) is 13.1. The summed E-state index contributed by atoms with van der Waals surface area (Å²) in [6.45, 7) is 3.73. The lowest BCUT2D eigenvalue weighted by Gasteiger charge is -2.13. The summed E-state index contributed by atoms with van der Waals surface area (Å²) in [5.41, 5.74) is 2.13. The molecule has 0 unspecified atom stereocenters. The van der Waals surface area contributed by atoms with Crippen LogP contribution in [0.5, 0.6) is 5.75 Å². The fourth-order valence-corrected chi connectivity index (χ4v) is 3.67. The number of benzene rings is 1. The Labute approximate surface area is 125 Å². The molecule has 0 fully saturated rings. The molecule has 5 nitrogen and oxygen atoms in total. The van der Waals surface area contributed by atoms with Crippen molar-refractivity contribution in [2.75, 3.05) is 7.11 Å². The number of aromatic nitrogens is 1. The van der Waals surface area contributed by atoms with Crippen LogP contribution >= 0.6 is 0 Å². The van der Waals surface area contributed by atoms with Gasteiger partial charge in [0.15, 0.2) is 0 Å². The second kappa shape index (κ2) is 6.24. The third-order valence-corrected chi connectivity index (χ3v) is 4.83. The van der Waals surface area contributed by atoms with Crippen molar-refractivity contribution < 1.29 is 13.2 Å². The van der Waals surface area contributed by atoms with E-state index in [2.05, 4.69) is 9.71 Å². The van der Waals surface area contributed by atoms with Gasteiger partial charge in [-0.05, 0) is 48.7 Å². The van der Waals surface area contributed by atoms with Crippen LogP contribution in [-0.2, 0) is 16.6 Å². The monoisotopic (exact) mass is 306 g/mol. The average Bonchev–Trinajstić information content (AvgIpc) is 2.45. The molecule has 0 spiro atoms. The number of nitrogens with zero attached hydrogens (tertiary/aromatic N) is 1. The molecule has 21 heavy (non-hydrogen) atoms. The van der Waals surface area contributed by atoms with Gasteiger partial charge in [-0.2, -0.15) is 0 Å². The number of nitrogens with one attached hydrogen (secondary N) is 1. The van der Waals surface area contributed by atoms with Crippen LogP contribution in [0.15, 0.2) is 41.6 Å². The summed E-state index contributed by atoms with van der Waals surface area (Å²) in [4.78, 5) is 4.26. The number of aryl methyl sites for hydroxylation is 2. The Morgan fingerprint density at radius 1 is 1.24 bits per heavy atom. The van der Waals surface area contributed by atoms with Gasteiger partial charge in [0.2, 0.25) is 10.0 Å². The summed E-state index contributed by atoms with van der Waals surface area (Å²) < 4.78 is 32.7. The summed E-state index contributed by atoms with van der Waals surface area (Å²) in [5.74, 6) is 0.649. The van der Waals surface area contributed by atoms with Gasteiger partial charge in [-0.25, -0.2) is 13.1 Å². The lowest BCUT2D eigenvalue weighted by atomic mass is 10.1. The van der Waals surface area contributed by atoms with Crippen molar-refractivity contribution in [2.45, 2.75) is 25.3 Å². The van der Waals surface area contributed by atoms with E-state index in [0.717, 1.165) is 5.56 Å². The second-order valence-corrected chi connectivity index (χ2v) is 6.48. The Morgan fingerprint density at radius 3 is 2.43 bits per heavy atom. The van der Waals surface area contributed by atoms with Crippen molar-refractivity contribution in [3.63, 3.8) is 0 Å². The van der Waals surface area contributed by atoms with E-state index in [-0.39, 0.29) is 6.54 Å². The molecule has 0 radical (unpaired) electrons. The quantitative estimate of drug-likeness (QED) is 0.919. The van der Waals surface area contributed by atoms with Crippen molar-refractivity contribution >= 4 is 10.0 Å². The molecule has 2 aromatic rings. The van der Waals surface area contributed by atoms with Gasteiger partial charge in [0.1, 0.15) is 5.75 Å². The van der Waals surface area contributed by atoms with E-state index in [1.807, 2.05) is 6.07 Å². The van der Waals surface area contributed by atoms with E-state index in [0.29, 0.717) is 21.8 Å². The number of ether oxygens (including phenoxy) is 1. The molecule has 0 saturated carbocycles. The largest absolute Gasteiger partial charge is 0.497 e. The lowest BCUT2D eigenvalue weighted by molar-refractivity contribution is 0.413. The first-order valence-corrected chi connectivity index (χ1v) is 7.96. The van der Waals surface area contributed by atoms with E-state index in [1.54, 1.807) is 51.6 Å². The topological polar surface area (TPSA) is 68.3 Å². The number of hydrogen-bond acceptors (Lipinski definition) is 4. The number of methoxy groups -OCH3 is 1. The van der Waals surface area contributed by atoms with Crippen molar-refractivity contribution in [3.8, 4) is 5.75 Å². The van der Waals surface area contributed by atoms with E-state index in [4.69, 9.17) is 4.74 Å². The van der Waals surface area contributed by atoms with Gasteiger partial charge < -0.3 is 4.74 Å². The van der Waals surface area contributed by atoms with Crippen LogP contribution in [-0.4, -0.2) is 20.5 Å². The molecule has 0 bridgehead atoms.